The first-order valence-electron chi connectivity index (χ1n) is 15.0. The van der Waals surface area contributed by atoms with Crippen molar-refractivity contribution in [1.82, 2.24) is 15.1 Å². The number of nitrogens with zero attached hydrogens (tertiary/aromatic N) is 3. The van der Waals surface area contributed by atoms with Crippen molar-refractivity contribution in [3.8, 4) is 0 Å². The van der Waals surface area contributed by atoms with E-state index >= 15 is 0 Å². The van der Waals surface area contributed by atoms with E-state index in [2.05, 4.69) is 10.2 Å². The second-order valence-corrected chi connectivity index (χ2v) is 11.4. The van der Waals surface area contributed by atoms with Crippen molar-refractivity contribution < 1.29 is 18.8 Å². The Morgan fingerprint density at radius 3 is 1.89 bits per heavy atom. The van der Waals surface area contributed by atoms with E-state index in [1.165, 1.54) is 12.1 Å². The largest absolute Gasteiger partial charge is 0.350 e. The molecule has 0 unspecified atom stereocenters. The van der Waals surface area contributed by atoms with Crippen molar-refractivity contribution in [3.05, 3.63) is 138 Å². The third kappa shape index (κ3) is 5.93. The van der Waals surface area contributed by atoms with E-state index in [1.54, 1.807) is 17.0 Å². The summed E-state index contributed by atoms with van der Waals surface area (Å²) in [4.78, 5) is 46.7. The summed E-state index contributed by atoms with van der Waals surface area (Å²) in [6.07, 6.45) is 0.910. The molecule has 0 saturated carbocycles. The summed E-state index contributed by atoms with van der Waals surface area (Å²) in [7, 11) is 0. The number of para-hydroxylation sites is 1. The lowest BCUT2D eigenvalue weighted by molar-refractivity contribution is -0.140. The summed E-state index contributed by atoms with van der Waals surface area (Å²) < 4.78 is 13.3. The van der Waals surface area contributed by atoms with Crippen LogP contribution in [0.15, 0.2) is 115 Å². The molecule has 2 heterocycles. The van der Waals surface area contributed by atoms with Gasteiger partial charge in [0, 0.05) is 25.3 Å². The molecule has 7 nitrogen and oxygen atoms in total. The Kier molecular flexibility index (Phi) is 8.41. The number of piperidine rings is 1. The first kappa shape index (κ1) is 29.1. The predicted molar refractivity (Wildman–Crippen MR) is 167 cm³/mol. The molecule has 0 aromatic heterocycles. The summed E-state index contributed by atoms with van der Waals surface area (Å²) in [5.74, 6) is -1.14. The molecular weight excluding hydrogens is 555 g/mol. The van der Waals surface area contributed by atoms with Crippen LogP contribution in [0, 0.1) is 5.82 Å². The number of carbonyl (C=O) groups is 3. The molecule has 2 saturated heterocycles. The fraction of sp³-hybridized carbons (Fsp3) is 0.250. The van der Waals surface area contributed by atoms with E-state index in [4.69, 9.17) is 0 Å². The highest BCUT2D eigenvalue weighted by molar-refractivity contribution is 5.96. The minimum absolute atomic E-state index is 0.0194. The van der Waals surface area contributed by atoms with Crippen LogP contribution in [0.5, 0.6) is 0 Å². The molecule has 4 aromatic carbocycles. The Morgan fingerprint density at radius 1 is 0.773 bits per heavy atom. The summed E-state index contributed by atoms with van der Waals surface area (Å²) in [5, 5.41) is 2.85. The van der Waals surface area contributed by atoms with E-state index in [1.807, 2.05) is 95.9 Å². The van der Waals surface area contributed by atoms with E-state index in [-0.39, 0.29) is 43.3 Å². The second-order valence-electron chi connectivity index (χ2n) is 11.4. The lowest BCUT2D eigenvalue weighted by atomic mass is 9.83. The van der Waals surface area contributed by atoms with E-state index in [0.717, 1.165) is 22.4 Å². The van der Waals surface area contributed by atoms with Crippen LogP contribution in [0.1, 0.15) is 35.4 Å². The molecule has 2 aliphatic rings. The van der Waals surface area contributed by atoms with Gasteiger partial charge >= 0.3 is 0 Å². The quantitative estimate of drug-likeness (QED) is 0.316. The topological polar surface area (TPSA) is 73.0 Å². The van der Waals surface area contributed by atoms with Gasteiger partial charge in [-0.3, -0.25) is 14.4 Å². The highest BCUT2D eigenvalue weighted by atomic mass is 19.1. The van der Waals surface area contributed by atoms with Crippen LogP contribution in [-0.2, 0) is 20.9 Å². The highest BCUT2D eigenvalue weighted by Crippen LogP contribution is 2.40. The van der Waals surface area contributed by atoms with Gasteiger partial charge in [-0.2, -0.15) is 0 Å². The van der Waals surface area contributed by atoms with Crippen molar-refractivity contribution in [2.24, 2.45) is 0 Å². The lowest BCUT2D eigenvalue weighted by Gasteiger charge is -2.44. The van der Waals surface area contributed by atoms with Crippen molar-refractivity contribution in [3.63, 3.8) is 0 Å². The van der Waals surface area contributed by atoms with Gasteiger partial charge in [0.15, 0.2) is 0 Å². The van der Waals surface area contributed by atoms with Crippen LogP contribution < -0.4 is 10.2 Å². The molecule has 6 rings (SSSR count). The average molecular weight is 591 g/mol. The molecule has 4 aromatic rings. The number of benzene rings is 4. The Bertz CT molecular complexity index is 1550. The molecule has 0 aliphatic carbocycles. The van der Waals surface area contributed by atoms with Gasteiger partial charge in [-0.15, -0.1) is 0 Å². The number of rotatable bonds is 8. The summed E-state index contributed by atoms with van der Waals surface area (Å²) >= 11 is 0. The normalized spacial score (nSPS) is 16.0. The number of hydrogen-bond acceptors (Lipinski definition) is 4. The monoisotopic (exact) mass is 590 g/mol. The van der Waals surface area contributed by atoms with Crippen molar-refractivity contribution >= 4 is 23.4 Å². The molecule has 0 radical (unpaired) electrons. The van der Waals surface area contributed by atoms with Crippen LogP contribution in [0.25, 0.3) is 0 Å². The molecule has 3 amide bonds. The zero-order valence-electron chi connectivity index (χ0n) is 24.4. The molecule has 2 aliphatic heterocycles. The number of halogens is 1. The van der Waals surface area contributed by atoms with Crippen LogP contribution in [0.2, 0.25) is 0 Å². The zero-order chi connectivity index (χ0) is 30.5. The molecule has 8 heteroatoms. The standard InChI is InChI=1S/C36H35FN4O3/c37-30-18-16-27(17-19-30)24-38-32(42)25-40-26-41(31-14-8-3-9-15-31)36(35(40)44)20-22-39(23-21-36)34(43)33(28-10-4-1-5-11-28)29-12-6-2-7-13-29/h1-19,33H,20-26H2,(H,38,42). The van der Waals surface area contributed by atoms with Crippen molar-refractivity contribution in [2.45, 2.75) is 30.8 Å². The first-order valence-corrected chi connectivity index (χ1v) is 15.0. The summed E-state index contributed by atoms with van der Waals surface area (Å²) in [6, 6.07) is 35.3. The van der Waals surface area contributed by atoms with Gasteiger partial charge in [-0.05, 0) is 53.8 Å². The van der Waals surface area contributed by atoms with Crippen LogP contribution in [0.4, 0.5) is 10.1 Å². The van der Waals surface area contributed by atoms with Gasteiger partial charge in [0.05, 0.1) is 12.6 Å². The zero-order valence-corrected chi connectivity index (χ0v) is 24.4. The number of amides is 3. The Hall–Kier alpha value is -4.98. The SMILES string of the molecule is O=C(CN1CN(c2ccccc2)C2(CCN(C(=O)C(c3ccccc3)c3ccccc3)CC2)C1=O)NCc1ccc(F)cc1. The summed E-state index contributed by atoms with van der Waals surface area (Å²) in [6.45, 7) is 1.29. The predicted octanol–water partition coefficient (Wildman–Crippen LogP) is 4.94. The molecule has 44 heavy (non-hydrogen) atoms. The third-order valence-electron chi connectivity index (χ3n) is 8.73. The first-order chi connectivity index (χ1) is 21.4. The maximum atomic E-state index is 14.1. The van der Waals surface area contributed by atoms with Gasteiger partial charge in [-0.25, -0.2) is 4.39 Å². The Morgan fingerprint density at radius 2 is 1.32 bits per heavy atom. The highest BCUT2D eigenvalue weighted by Gasteiger charge is 2.54. The maximum absolute atomic E-state index is 14.1. The molecule has 2 fully saturated rings. The fourth-order valence-corrected chi connectivity index (χ4v) is 6.40. The third-order valence-corrected chi connectivity index (χ3v) is 8.73. The van der Waals surface area contributed by atoms with Crippen LogP contribution in [-0.4, -0.2) is 59.4 Å². The minimum Gasteiger partial charge on any atom is -0.350 e. The number of likely N-dealkylation sites (tertiary alicyclic amines) is 1. The smallest absolute Gasteiger partial charge is 0.250 e. The van der Waals surface area contributed by atoms with Gasteiger partial charge < -0.3 is 20.0 Å². The van der Waals surface area contributed by atoms with Crippen LogP contribution >= 0.6 is 0 Å². The summed E-state index contributed by atoms with van der Waals surface area (Å²) in [5.41, 5.74) is 2.69. The molecular formula is C36H35FN4O3. The van der Waals surface area contributed by atoms with Gasteiger partial charge in [0.25, 0.3) is 5.91 Å². The Balaban J connectivity index is 1.19. The van der Waals surface area contributed by atoms with Gasteiger partial charge in [0.1, 0.15) is 17.9 Å². The van der Waals surface area contributed by atoms with Crippen molar-refractivity contribution in [1.29, 1.82) is 0 Å². The Labute approximate surface area is 256 Å². The fourth-order valence-electron chi connectivity index (χ4n) is 6.40. The van der Waals surface area contributed by atoms with Crippen LogP contribution in [0.3, 0.4) is 0 Å². The number of nitrogens with one attached hydrogen (secondary N) is 1. The minimum atomic E-state index is -0.857. The second kappa shape index (κ2) is 12.7. The van der Waals surface area contributed by atoms with E-state index in [0.29, 0.717) is 25.9 Å². The molecule has 1 spiro atoms. The number of anilines is 1. The number of carbonyl (C=O) groups excluding carboxylic acids is 3. The van der Waals surface area contributed by atoms with Gasteiger partial charge in [-0.1, -0.05) is 91.0 Å². The molecule has 1 N–H and O–H groups in total. The average Bonchev–Trinajstić information content (AvgIpc) is 3.32. The lowest BCUT2D eigenvalue weighted by Crippen LogP contribution is -2.58. The molecule has 224 valence electrons. The van der Waals surface area contributed by atoms with E-state index < -0.39 is 11.5 Å². The number of hydrogen-bond donors (Lipinski definition) is 1. The van der Waals surface area contributed by atoms with Gasteiger partial charge in [0.2, 0.25) is 11.8 Å². The molecule has 0 atom stereocenters. The van der Waals surface area contributed by atoms with Crippen molar-refractivity contribution in [2.75, 3.05) is 31.2 Å². The van der Waals surface area contributed by atoms with E-state index in [9.17, 15) is 18.8 Å². The maximum Gasteiger partial charge on any atom is 0.250 e. The molecule has 0 bridgehead atoms.